The lowest BCUT2D eigenvalue weighted by Crippen LogP contribution is -2.55. The highest BCUT2D eigenvalue weighted by molar-refractivity contribution is 7.92. The van der Waals surface area contributed by atoms with Gasteiger partial charge in [-0.2, -0.15) is 26.3 Å². The Bertz CT molecular complexity index is 1410. The van der Waals surface area contributed by atoms with Gasteiger partial charge in [0.2, 0.25) is 0 Å². The summed E-state index contributed by atoms with van der Waals surface area (Å²) < 4.78 is 135. The third kappa shape index (κ3) is 4.52. The zero-order valence-electron chi connectivity index (χ0n) is 20.0. The molecule has 0 aromatic heterocycles. The molecule has 208 valence electrons. The molecular formula is C27H21F7O4S. The first-order valence-corrected chi connectivity index (χ1v) is 13.3. The topological polar surface area (TPSA) is 55.9 Å². The van der Waals surface area contributed by atoms with Crippen LogP contribution in [0, 0.1) is 5.82 Å². The fraction of sp³-hybridized carbons (Fsp3) is 0.333. The summed E-state index contributed by atoms with van der Waals surface area (Å²) in [5, 5.41) is 0. The Morgan fingerprint density at radius 1 is 0.795 bits per heavy atom. The molecule has 2 fully saturated rings. The highest BCUT2D eigenvalue weighted by Gasteiger charge is 2.73. The van der Waals surface area contributed by atoms with Gasteiger partial charge in [0.1, 0.15) is 10.6 Å². The van der Waals surface area contributed by atoms with Crippen LogP contribution in [0.5, 0.6) is 0 Å². The summed E-state index contributed by atoms with van der Waals surface area (Å²) in [6.45, 7) is -0.981. The Morgan fingerprint density at radius 3 is 1.85 bits per heavy atom. The van der Waals surface area contributed by atoms with E-state index in [1.807, 2.05) is 0 Å². The maximum Gasteiger partial charge on any atom is 0.430 e. The molecule has 2 aliphatic rings. The summed E-state index contributed by atoms with van der Waals surface area (Å²) in [5.74, 6) is -0.670. The fourth-order valence-electron chi connectivity index (χ4n) is 5.23. The van der Waals surface area contributed by atoms with Gasteiger partial charge in [-0.1, -0.05) is 54.6 Å². The van der Waals surface area contributed by atoms with Crippen molar-refractivity contribution in [2.45, 2.75) is 59.3 Å². The van der Waals surface area contributed by atoms with Crippen molar-refractivity contribution in [3.8, 4) is 0 Å². The Morgan fingerprint density at radius 2 is 1.33 bits per heavy atom. The molecule has 0 radical (unpaired) electrons. The number of ether oxygens (including phenoxy) is 2. The molecule has 3 atom stereocenters. The van der Waals surface area contributed by atoms with E-state index in [0.29, 0.717) is 12.1 Å². The number of hydrogen-bond donors (Lipinski definition) is 0. The van der Waals surface area contributed by atoms with E-state index in [1.165, 1.54) is 24.3 Å². The Labute approximate surface area is 219 Å². The Balaban J connectivity index is 1.58. The second-order valence-electron chi connectivity index (χ2n) is 9.60. The number of alkyl halides is 6. The van der Waals surface area contributed by atoms with Gasteiger partial charge in [-0.25, -0.2) is 12.8 Å². The zero-order chi connectivity index (χ0) is 28.3. The predicted octanol–water partition coefficient (Wildman–Crippen LogP) is 6.59. The van der Waals surface area contributed by atoms with Crippen molar-refractivity contribution in [2.24, 2.45) is 0 Å². The number of halogens is 7. The lowest BCUT2D eigenvalue weighted by Gasteiger charge is -2.38. The van der Waals surface area contributed by atoms with E-state index in [0.717, 1.165) is 36.4 Å². The van der Waals surface area contributed by atoms with E-state index < -0.39 is 62.7 Å². The monoisotopic (exact) mass is 574 g/mol. The van der Waals surface area contributed by atoms with Crippen molar-refractivity contribution in [1.82, 2.24) is 0 Å². The minimum absolute atomic E-state index is 0.00711. The molecule has 0 spiro atoms. The summed E-state index contributed by atoms with van der Waals surface area (Å²) >= 11 is 0. The molecule has 5 rings (SSSR count). The largest absolute Gasteiger partial charge is 0.430 e. The standard InChI is InChI=1S/C27H21F7O4S/c28-20-10-12-21(13-11-20)39(35,36)24(14-22-23(15-24)38-22)18-6-8-19(9-7-18)25(26(29,30)31,27(32,33)34)37-16-17-4-2-1-3-5-17/h1-13,22-23H,14-16H2/t22-,23+,24?. The smallest absolute Gasteiger partial charge is 0.369 e. The number of sulfone groups is 1. The molecule has 3 aromatic carbocycles. The van der Waals surface area contributed by atoms with Crippen molar-refractivity contribution >= 4 is 9.84 Å². The summed E-state index contributed by atoms with van der Waals surface area (Å²) in [7, 11) is -4.25. The highest BCUT2D eigenvalue weighted by Crippen LogP contribution is 2.57. The molecule has 3 aromatic rings. The predicted molar refractivity (Wildman–Crippen MR) is 125 cm³/mol. The lowest BCUT2D eigenvalue weighted by molar-refractivity contribution is -0.392. The SMILES string of the molecule is O=S(=O)(c1ccc(F)cc1)C1(c2ccc(C(OCc3ccccc3)(C(F)(F)F)C(F)(F)F)cc2)C[C@@H]2O[C@@H]2C1. The Kier molecular flexibility index (Phi) is 6.59. The lowest BCUT2D eigenvalue weighted by atomic mass is 9.88. The van der Waals surface area contributed by atoms with Crippen LogP contribution in [0.2, 0.25) is 0 Å². The van der Waals surface area contributed by atoms with Gasteiger partial charge in [0.25, 0.3) is 5.60 Å². The number of hydrogen-bond acceptors (Lipinski definition) is 4. The molecule has 0 amide bonds. The summed E-state index contributed by atoms with van der Waals surface area (Å²) in [4.78, 5) is -0.222. The maximum absolute atomic E-state index is 14.2. The van der Waals surface area contributed by atoms with Crippen molar-refractivity contribution in [3.63, 3.8) is 0 Å². The average molecular weight is 575 g/mol. The molecule has 1 saturated heterocycles. The van der Waals surface area contributed by atoms with E-state index in [9.17, 15) is 39.2 Å². The third-order valence-electron chi connectivity index (χ3n) is 7.30. The third-order valence-corrected chi connectivity index (χ3v) is 9.79. The van der Waals surface area contributed by atoms with Crippen molar-refractivity contribution in [2.75, 3.05) is 0 Å². The van der Waals surface area contributed by atoms with Gasteiger partial charge in [0.15, 0.2) is 9.84 Å². The average Bonchev–Trinajstić information content (AvgIpc) is 3.49. The first kappa shape index (κ1) is 27.6. The molecule has 1 aliphatic heterocycles. The molecule has 0 bridgehead atoms. The van der Waals surface area contributed by atoms with Gasteiger partial charge in [0.05, 0.1) is 23.7 Å². The van der Waals surface area contributed by atoms with Crippen LogP contribution in [0.15, 0.2) is 83.8 Å². The van der Waals surface area contributed by atoms with Crippen LogP contribution in [-0.4, -0.2) is 33.0 Å². The first-order valence-electron chi connectivity index (χ1n) is 11.8. The normalized spacial score (nSPS) is 23.5. The van der Waals surface area contributed by atoms with Crippen LogP contribution in [0.4, 0.5) is 30.7 Å². The summed E-state index contributed by atoms with van der Waals surface area (Å²) in [6, 6.07) is 14.3. The van der Waals surface area contributed by atoms with E-state index in [1.54, 1.807) is 6.07 Å². The molecule has 4 nitrogen and oxygen atoms in total. The number of benzene rings is 3. The van der Waals surface area contributed by atoms with Crippen LogP contribution in [0.25, 0.3) is 0 Å². The minimum atomic E-state index is -5.90. The quantitative estimate of drug-likeness (QED) is 0.182. The minimum Gasteiger partial charge on any atom is -0.369 e. The van der Waals surface area contributed by atoms with Gasteiger partial charge in [-0.3, -0.25) is 0 Å². The van der Waals surface area contributed by atoms with Gasteiger partial charge < -0.3 is 9.47 Å². The number of epoxide rings is 1. The fourth-order valence-corrected chi connectivity index (χ4v) is 7.39. The maximum atomic E-state index is 14.2. The van der Waals surface area contributed by atoms with Gasteiger partial charge in [-0.15, -0.1) is 0 Å². The van der Waals surface area contributed by atoms with Gasteiger partial charge in [0, 0.05) is 18.4 Å². The molecular weight excluding hydrogens is 553 g/mol. The van der Waals surface area contributed by atoms with Crippen molar-refractivity contribution < 1.29 is 48.6 Å². The molecule has 1 saturated carbocycles. The van der Waals surface area contributed by atoms with E-state index in [4.69, 9.17) is 4.74 Å². The van der Waals surface area contributed by atoms with Crippen LogP contribution in [-0.2, 0) is 36.3 Å². The second-order valence-corrected chi connectivity index (χ2v) is 11.9. The number of rotatable bonds is 7. The Hall–Kier alpha value is -2.96. The van der Waals surface area contributed by atoms with Crippen LogP contribution in [0.3, 0.4) is 0 Å². The first-order chi connectivity index (χ1) is 18.2. The molecule has 1 unspecified atom stereocenters. The molecule has 12 heteroatoms. The highest BCUT2D eigenvalue weighted by atomic mass is 32.2. The van der Waals surface area contributed by atoms with Crippen molar-refractivity contribution in [1.29, 1.82) is 0 Å². The van der Waals surface area contributed by atoms with Crippen LogP contribution < -0.4 is 0 Å². The van der Waals surface area contributed by atoms with Gasteiger partial charge in [-0.05, 0) is 35.4 Å². The molecule has 39 heavy (non-hydrogen) atoms. The van der Waals surface area contributed by atoms with E-state index in [-0.39, 0.29) is 28.9 Å². The second kappa shape index (κ2) is 9.31. The summed E-state index contributed by atoms with van der Waals surface area (Å²) in [5.41, 5.74) is -5.80. The zero-order valence-corrected chi connectivity index (χ0v) is 20.8. The van der Waals surface area contributed by atoms with Gasteiger partial charge >= 0.3 is 12.4 Å². The molecule has 1 heterocycles. The van der Waals surface area contributed by atoms with Crippen LogP contribution >= 0.6 is 0 Å². The van der Waals surface area contributed by atoms with Crippen LogP contribution in [0.1, 0.15) is 29.5 Å². The molecule has 1 aliphatic carbocycles. The van der Waals surface area contributed by atoms with Crippen molar-refractivity contribution in [3.05, 3.63) is 101 Å². The molecule has 0 N–H and O–H groups in total. The number of fused-ring (bicyclic) bond motifs is 1. The summed E-state index contributed by atoms with van der Waals surface area (Å²) in [6.07, 6.45) is -12.7. The van der Waals surface area contributed by atoms with E-state index >= 15 is 0 Å². The van der Waals surface area contributed by atoms with E-state index in [2.05, 4.69) is 4.74 Å².